The number of hydrogen-bond donors (Lipinski definition) is 1. The first-order valence-electron chi connectivity index (χ1n) is 6.65. The Morgan fingerprint density at radius 3 is 2.55 bits per heavy atom. The fourth-order valence-electron chi connectivity index (χ4n) is 1.68. The van der Waals surface area contributed by atoms with Gasteiger partial charge in [-0.3, -0.25) is 9.78 Å². The van der Waals surface area contributed by atoms with Gasteiger partial charge in [-0.15, -0.1) is 0 Å². The van der Waals surface area contributed by atoms with Crippen LogP contribution in [-0.2, 0) is 9.53 Å². The minimum Gasteiger partial charge on any atom is -0.449 e. The molecule has 2 rings (SSSR count). The number of amides is 1. The SMILES string of the molecule is Cc1ccc(NC(=O)C(C)OC(=O)c2ccncc2)cc1Cl. The number of anilines is 1. The number of carbonyl (C=O) groups excluding carboxylic acids is 2. The number of aromatic nitrogens is 1. The highest BCUT2D eigenvalue weighted by atomic mass is 35.5. The van der Waals surface area contributed by atoms with E-state index in [1.54, 1.807) is 18.2 Å². The highest BCUT2D eigenvalue weighted by molar-refractivity contribution is 6.31. The van der Waals surface area contributed by atoms with Crippen molar-refractivity contribution in [2.75, 3.05) is 5.32 Å². The number of ether oxygens (including phenoxy) is 1. The molecule has 114 valence electrons. The number of esters is 1. The molecule has 0 radical (unpaired) electrons. The van der Waals surface area contributed by atoms with Gasteiger partial charge < -0.3 is 10.1 Å². The number of aryl methyl sites for hydroxylation is 1. The Morgan fingerprint density at radius 1 is 1.23 bits per heavy atom. The number of halogens is 1. The van der Waals surface area contributed by atoms with Crippen LogP contribution in [0.25, 0.3) is 0 Å². The van der Waals surface area contributed by atoms with E-state index < -0.39 is 18.0 Å². The van der Waals surface area contributed by atoms with Crippen molar-refractivity contribution in [1.82, 2.24) is 4.98 Å². The summed E-state index contributed by atoms with van der Waals surface area (Å²) in [5.41, 5.74) is 1.80. The van der Waals surface area contributed by atoms with E-state index in [1.807, 2.05) is 6.92 Å². The fraction of sp³-hybridized carbons (Fsp3) is 0.188. The van der Waals surface area contributed by atoms with Crippen LogP contribution in [0.3, 0.4) is 0 Å². The molecule has 0 saturated heterocycles. The van der Waals surface area contributed by atoms with E-state index in [9.17, 15) is 9.59 Å². The van der Waals surface area contributed by atoms with Gasteiger partial charge in [-0.05, 0) is 43.7 Å². The standard InChI is InChI=1S/C16H15ClN2O3/c1-10-3-4-13(9-14(10)17)19-15(20)11(2)22-16(21)12-5-7-18-8-6-12/h3-9,11H,1-2H3,(H,19,20). The lowest BCUT2D eigenvalue weighted by molar-refractivity contribution is -0.123. The quantitative estimate of drug-likeness (QED) is 0.879. The molecule has 0 spiro atoms. The molecule has 2 aromatic rings. The Bertz CT molecular complexity index is 689. The number of carbonyl (C=O) groups is 2. The summed E-state index contributed by atoms with van der Waals surface area (Å²) >= 11 is 6.00. The number of hydrogen-bond acceptors (Lipinski definition) is 4. The maximum absolute atomic E-state index is 12.0. The predicted molar refractivity (Wildman–Crippen MR) is 83.9 cm³/mol. The summed E-state index contributed by atoms with van der Waals surface area (Å²) in [5.74, 6) is -1.01. The number of nitrogens with zero attached hydrogens (tertiary/aromatic N) is 1. The molecule has 1 aromatic heterocycles. The Hall–Kier alpha value is -2.40. The van der Waals surface area contributed by atoms with Crippen molar-refractivity contribution in [2.45, 2.75) is 20.0 Å². The fourth-order valence-corrected chi connectivity index (χ4v) is 1.87. The molecule has 1 atom stereocenters. The third-order valence-electron chi connectivity index (χ3n) is 3.01. The Balaban J connectivity index is 1.97. The molecule has 5 nitrogen and oxygen atoms in total. The smallest absolute Gasteiger partial charge is 0.339 e. The molecule has 0 bridgehead atoms. The molecule has 1 heterocycles. The second-order valence-corrected chi connectivity index (χ2v) is 5.14. The maximum Gasteiger partial charge on any atom is 0.339 e. The topological polar surface area (TPSA) is 68.3 Å². The zero-order valence-corrected chi connectivity index (χ0v) is 12.9. The third kappa shape index (κ3) is 4.05. The molecule has 0 fully saturated rings. The molecular formula is C16H15ClN2O3. The van der Waals surface area contributed by atoms with Crippen LogP contribution in [-0.4, -0.2) is 23.0 Å². The summed E-state index contributed by atoms with van der Waals surface area (Å²) in [4.78, 5) is 27.7. The molecule has 1 amide bonds. The summed E-state index contributed by atoms with van der Waals surface area (Å²) in [6, 6.07) is 8.22. The van der Waals surface area contributed by atoms with Crippen molar-refractivity contribution < 1.29 is 14.3 Å². The van der Waals surface area contributed by atoms with E-state index in [0.717, 1.165) is 5.56 Å². The molecule has 1 aromatic carbocycles. The van der Waals surface area contributed by atoms with Crippen LogP contribution < -0.4 is 5.32 Å². The number of nitrogens with one attached hydrogen (secondary N) is 1. The van der Waals surface area contributed by atoms with E-state index in [1.165, 1.54) is 31.5 Å². The lowest BCUT2D eigenvalue weighted by Gasteiger charge is -2.14. The van der Waals surface area contributed by atoms with Crippen molar-refractivity contribution in [2.24, 2.45) is 0 Å². The zero-order chi connectivity index (χ0) is 16.1. The Labute approximate surface area is 133 Å². The van der Waals surface area contributed by atoms with Crippen LogP contribution in [0.1, 0.15) is 22.8 Å². The first-order valence-corrected chi connectivity index (χ1v) is 7.03. The van der Waals surface area contributed by atoms with Crippen molar-refractivity contribution in [3.05, 3.63) is 58.9 Å². The first-order chi connectivity index (χ1) is 10.5. The summed E-state index contributed by atoms with van der Waals surface area (Å²) in [6.45, 7) is 3.37. The van der Waals surface area contributed by atoms with E-state index >= 15 is 0 Å². The van der Waals surface area contributed by atoms with Gasteiger partial charge in [0.1, 0.15) is 0 Å². The molecule has 1 N–H and O–H groups in total. The molecule has 0 aliphatic carbocycles. The Kier molecular flexibility index (Phi) is 5.12. The normalized spacial score (nSPS) is 11.6. The van der Waals surface area contributed by atoms with Gasteiger partial charge in [-0.2, -0.15) is 0 Å². The largest absolute Gasteiger partial charge is 0.449 e. The molecule has 0 aliphatic rings. The van der Waals surface area contributed by atoms with E-state index in [-0.39, 0.29) is 0 Å². The van der Waals surface area contributed by atoms with Crippen LogP contribution in [0.2, 0.25) is 5.02 Å². The maximum atomic E-state index is 12.0. The highest BCUT2D eigenvalue weighted by Gasteiger charge is 2.19. The first kappa shape index (κ1) is 16.0. The lowest BCUT2D eigenvalue weighted by Crippen LogP contribution is -2.30. The molecule has 0 aliphatic heterocycles. The van der Waals surface area contributed by atoms with Crippen molar-refractivity contribution in [3.63, 3.8) is 0 Å². The monoisotopic (exact) mass is 318 g/mol. The summed E-state index contributed by atoms with van der Waals surface area (Å²) in [7, 11) is 0. The predicted octanol–water partition coefficient (Wildman–Crippen LogP) is 3.23. The van der Waals surface area contributed by atoms with E-state index in [2.05, 4.69) is 10.3 Å². The summed E-state index contributed by atoms with van der Waals surface area (Å²) < 4.78 is 5.11. The van der Waals surface area contributed by atoms with Crippen molar-refractivity contribution >= 4 is 29.2 Å². The zero-order valence-electron chi connectivity index (χ0n) is 12.2. The Morgan fingerprint density at radius 2 is 1.91 bits per heavy atom. The molecular weight excluding hydrogens is 304 g/mol. The third-order valence-corrected chi connectivity index (χ3v) is 3.42. The molecule has 6 heteroatoms. The van der Waals surface area contributed by atoms with Gasteiger partial charge in [0, 0.05) is 23.1 Å². The minimum absolute atomic E-state index is 0.341. The van der Waals surface area contributed by atoms with Gasteiger partial charge >= 0.3 is 5.97 Å². The van der Waals surface area contributed by atoms with Gasteiger partial charge in [0.2, 0.25) is 0 Å². The second-order valence-electron chi connectivity index (χ2n) is 4.74. The van der Waals surface area contributed by atoms with Crippen LogP contribution in [0, 0.1) is 6.92 Å². The number of pyridine rings is 1. The van der Waals surface area contributed by atoms with Gasteiger partial charge in [-0.1, -0.05) is 17.7 Å². The lowest BCUT2D eigenvalue weighted by atomic mass is 10.2. The minimum atomic E-state index is -0.930. The van der Waals surface area contributed by atoms with Crippen LogP contribution >= 0.6 is 11.6 Å². The van der Waals surface area contributed by atoms with Gasteiger partial charge in [0.25, 0.3) is 5.91 Å². The summed E-state index contributed by atoms with van der Waals surface area (Å²) in [6.07, 6.45) is 2.03. The van der Waals surface area contributed by atoms with Crippen LogP contribution in [0.4, 0.5) is 5.69 Å². The van der Waals surface area contributed by atoms with Crippen molar-refractivity contribution in [3.8, 4) is 0 Å². The molecule has 22 heavy (non-hydrogen) atoms. The van der Waals surface area contributed by atoms with Crippen LogP contribution in [0.15, 0.2) is 42.7 Å². The number of benzene rings is 1. The summed E-state index contributed by atoms with van der Waals surface area (Å²) in [5, 5.41) is 3.21. The van der Waals surface area contributed by atoms with E-state index in [4.69, 9.17) is 16.3 Å². The molecule has 0 saturated carbocycles. The van der Waals surface area contributed by atoms with Crippen LogP contribution in [0.5, 0.6) is 0 Å². The van der Waals surface area contributed by atoms with Gasteiger partial charge in [0.15, 0.2) is 6.10 Å². The van der Waals surface area contributed by atoms with Gasteiger partial charge in [0.05, 0.1) is 5.56 Å². The average molecular weight is 319 g/mol. The van der Waals surface area contributed by atoms with E-state index in [0.29, 0.717) is 16.3 Å². The van der Waals surface area contributed by atoms with Gasteiger partial charge in [-0.25, -0.2) is 4.79 Å². The second kappa shape index (κ2) is 7.04. The molecule has 1 unspecified atom stereocenters. The number of rotatable bonds is 4. The average Bonchev–Trinajstić information content (AvgIpc) is 2.51. The highest BCUT2D eigenvalue weighted by Crippen LogP contribution is 2.20. The van der Waals surface area contributed by atoms with Crippen molar-refractivity contribution in [1.29, 1.82) is 0 Å².